The van der Waals surface area contributed by atoms with Gasteiger partial charge < -0.3 is 0 Å². The number of hydrogen-bond donors (Lipinski definition) is 0. The monoisotopic (exact) mass is 328 g/mol. The zero-order valence-electron chi connectivity index (χ0n) is 13.0. The number of halogens is 1. The van der Waals surface area contributed by atoms with Crippen LogP contribution in [0.3, 0.4) is 0 Å². The highest BCUT2D eigenvalue weighted by atomic mass is 35.5. The summed E-state index contributed by atoms with van der Waals surface area (Å²) in [7, 11) is 0. The smallest absolute Gasteiger partial charge is 0.254 e. The highest BCUT2D eigenvalue weighted by Crippen LogP contribution is 2.17. The molecule has 4 nitrogen and oxygen atoms in total. The van der Waals surface area contributed by atoms with Gasteiger partial charge in [0, 0.05) is 5.02 Å². The van der Waals surface area contributed by atoms with Gasteiger partial charge in [-0.05, 0) is 43.7 Å². The van der Waals surface area contributed by atoms with Crippen LogP contribution in [-0.2, 0) is 9.59 Å². The van der Waals surface area contributed by atoms with Crippen molar-refractivity contribution >= 4 is 35.2 Å². The van der Waals surface area contributed by atoms with Gasteiger partial charge in [0.1, 0.15) is 5.78 Å². The van der Waals surface area contributed by atoms with Crippen molar-refractivity contribution in [3.8, 4) is 0 Å². The minimum absolute atomic E-state index is 0.189. The topological polar surface area (TPSA) is 49.7 Å². The van der Waals surface area contributed by atoms with E-state index in [0.29, 0.717) is 10.7 Å². The van der Waals surface area contributed by atoms with E-state index in [0.717, 1.165) is 11.1 Å². The van der Waals surface area contributed by atoms with Gasteiger partial charge in [-0.2, -0.15) is 5.10 Å². The van der Waals surface area contributed by atoms with E-state index in [9.17, 15) is 9.59 Å². The Bertz CT molecular complexity index is 722. The van der Waals surface area contributed by atoms with E-state index in [1.807, 2.05) is 19.1 Å². The number of carbonyl (C=O) groups excluding carboxylic acids is 2. The molecule has 2 aromatic rings. The molecule has 0 fully saturated rings. The number of amides is 1. The summed E-state index contributed by atoms with van der Waals surface area (Å²) in [6, 6.07) is 14.5. The number of ketones is 1. The Balaban J connectivity index is 2.29. The lowest BCUT2D eigenvalue weighted by Gasteiger charge is -2.16. The maximum atomic E-state index is 12.3. The summed E-state index contributed by atoms with van der Waals surface area (Å²) in [6.07, 6.45) is 1.38. The number of benzene rings is 2. The highest BCUT2D eigenvalue weighted by molar-refractivity contribution is 6.30. The highest BCUT2D eigenvalue weighted by Gasteiger charge is 2.16. The minimum Gasteiger partial charge on any atom is -0.299 e. The second kappa shape index (κ2) is 7.70. The second-order valence-corrected chi connectivity index (χ2v) is 5.65. The molecule has 0 saturated carbocycles. The summed E-state index contributed by atoms with van der Waals surface area (Å²) in [6.45, 7) is 3.34. The van der Waals surface area contributed by atoms with Crippen LogP contribution in [0.1, 0.15) is 24.5 Å². The first-order chi connectivity index (χ1) is 11.0. The van der Waals surface area contributed by atoms with Gasteiger partial charge in [-0.25, -0.2) is 5.01 Å². The summed E-state index contributed by atoms with van der Waals surface area (Å²) in [5.74, 6) is -0.569. The predicted molar refractivity (Wildman–Crippen MR) is 93.0 cm³/mol. The molecular weight excluding hydrogens is 312 g/mol. The first-order valence-electron chi connectivity index (χ1n) is 7.14. The Kier molecular flexibility index (Phi) is 5.66. The van der Waals surface area contributed by atoms with Gasteiger partial charge in [0.05, 0.1) is 18.3 Å². The maximum absolute atomic E-state index is 12.3. The molecule has 0 bridgehead atoms. The largest absolute Gasteiger partial charge is 0.299 e. The van der Waals surface area contributed by atoms with Crippen LogP contribution in [0.4, 0.5) is 5.69 Å². The standard InChI is InChI=1S/C18H17ClN2O2/c1-13-3-9-17(10-4-13)21(18(23)11-14(2)22)20-12-15-5-7-16(19)8-6-15/h3-10,12H,11H2,1-2H3/b20-12+. The van der Waals surface area contributed by atoms with Gasteiger partial charge in [-0.3, -0.25) is 9.59 Å². The fourth-order valence-electron chi connectivity index (χ4n) is 1.92. The first kappa shape index (κ1) is 16.9. The summed E-state index contributed by atoms with van der Waals surface area (Å²) in [5.41, 5.74) is 2.50. The molecule has 5 heteroatoms. The normalized spacial score (nSPS) is 10.7. The molecule has 0 unspecified atom stereocenters. The summed E-state index contributed by atoms with van der Waals surface area (Å²) >= 11 is 5.85. The Labute approximate surface area is 140 Å². The zero-order valence-corrected chi connectivity index (χ0v) is 13.7. The van der Waals surface area contributed by atoms with Crippen LogP contribution < -0.4 is 5.01 Å². The van der Waals surface area contributed by atoms with Crippen LogP contribution in [-0.4, -0.2) is 17.9 Å². The third-order valence-corrected chi connectivity index (χ3v) is 3.36. The molecule has 0 aliphatic carbocycles. The lowest BCUT2D eigenvalue weighted by molar-refractivity contribution is -0.125. The molecule has 2 rings (SSSR count). The van der Waals surface area contributed by atoms with E-state index in [1.165, 1.54) is 11.9 Å². The Morgan fingerprint density at radius 3 is 2.26 bits per heavy atom. The van der Waals surface area contributed by atoms with E-state index in [-0.39, 0.29) is 18.1 Å². The van der Waals surface area contributed by atoms with Crippen molar-refractivity contribution in [2.24, 2.45) is 5.10 Å². The number of nitrogens with zero attached hydrogens (tertiary/aromatic N) is 2. The number of carbonyl (C=O) groups is 2. The van der Waals surface area contributed by atoms with Crippen LogP contribution in [0.25, 0.3) is 0 Å². The molecule has 1 amide bonds. The van der Waals surface area contributed by atoms with Crippen molar-refractivity contribution in [2.75, 3.05) is 5.01 Å². The number of anilines is 1. The van der Waals surface area contributed by atoms with E-state index < -0.39 is 0 Å². The lowest BCUT2D eigenvalue weighted by atomic mass is 10.2. The maximum Gasteiger partial charge on any atom is 0.254 e. The lowest BCUT2D eigenvalue weighted by Crippen LogP contribution is -2.27. The van der Waals surface area contributed by atoms with Crippen molar-refractivity contribution in [2.45, 2.75) is 20.3 Å². The van der Waals surface area contributed by atoms with Crippen molar-refractivity contribution in [1.82, 2.24) is 0 Å². The van der Waals surface area contributed by atoms with Crippen molar-refractivity contribution in [3.05, 3.63) is 64.7 Å². The number of aryl methyl sites for hydroxylation is 1. The average Bonchev–Trinajstić information content (AvgIpc) is 2.50. The molecule has 0 radical (unpaired) electrons. The van der Waals surface area contributed by atoms with Crippen LogP contribution in [0.5, 0.6) is 0 Å². The fourth-order valence-corrected chi connectivity index (χ4v) is 2.05. The molecule has 0 heterocycles. The number of Topliss-reactive ketones (excluding diaryl/α,β-unsaturated/α-hetero) is 1. The van der Waals surface area contributed by atoms with E-state index in [4.69, 9.17) is 11.6 Å². The van der Waals surface area contributed by atoms with Crippen LogP contribution in [0.2, 0.25) is 5.02 Å². The Morgan fingerprint density at radius 2 is 1.70 bits per heavy atom. The van der Waals surface area contributed by atoms with Crippen molar-refractivity contribution in [3.63, 3.8) is 0 Å². The number of hydrogen-bond acceptors (Lipinski definition) is 3. The molecular formula is C18H17ClN2O2. The number of rotatable bonds is 5. The van der Waals surface area contributed by atoms with Crippen molar-refractivity contribution < 1.29 is 9.59 Å². The third-order valence-electron chi connectivity index (χ3n) is 3.11. The van der Waals surface area contributed by atoms with E-state index >= 15 is 0 Å². The van der Waals surface area contributed by atoms with Gasteiger partial charge in [0.15, 0.2) is 0 Å². The summed E-state index contributed by atoms with van der Waals surface area (Å²) < 4.78 is 0. The average molecular weight is 329 g/mol. The van der Waals surface area contributed by atoms with Crippen LogP contribution in [0.15, 0.2) is 53.6 Å². The molecule has 2 aromatic carbocycles. The minimum atomic E-state index is -0.369. The molecule has 0 aliphatic heterocycles. The van der Waals surface area contributed by atoms with Gasteiger partial charge in [0.25, 0.3) is 5.91 Å². The second-order valence-electron chi connectivity index (χ2n) is 5.22. The third kappa shape index (κ3) is 5.04. The SMILES string of the molecule is CC(=O)CC(=O)N(/N=C/c1ccc(Cl)cc1)c1ccc(C)cc1. The molecule has 0 spiro atoms. The van der Waals surface area contributed by atoms with E-state index in [2.05, 4.69) is 5.10 Å². The summed E-state index contributed by atoms with van der Waals surface area (Å²) in [4.78, 5) is 23.5. The molecule has 23 heavy (non-hydrogen) atoms. The van der Waals surface area contributed by atoms with Crippen LogP contribution in [0, 0.1) is 6.92 Å². The van der Waals surface area contributed by atoms with Gasteiger partial charge in [-0.1, -0.05) is 41.4 Å². The van der Waals surface area contributed by atoms with Gasteiger partial charge >= 0.3 is 0 Å². The first-order valence-corrected chi connectivity index (χ1v) is 7.52. The predicted octanol–water partition coefficient (Wildman–Crippen LogP) is 3.99. The van der Waals surface area contributed by atoms with Crippen LogP contribution >= 0.6 is 11.6 Å². The van der Waals surface area contributed by atoms with Gasteiger partial charge in [0.2, 0.25) is 0 Å². The Morgan fingerprint density at radius 1 is 1.09 bits per heavy atom. The summed E-state index contributed by atoms with van der Waals surface area (Å²) in [5, 5.41) is 6.12. The molecule has 0 saturated heterocycles. The quantitative estimate of drug-likeness (QED) is 0.473. The molecule has 0 aromatic heterocycles. The van der Waals surface area contributed by atoms with E-state index in [1.54, 1.807) is 42.6 Å². The fraction of sp³-hybridized carbons (Fsp3) is 0.167. The van der Waals surface area contributed by atoms with Crippen molar-refractivity contribution in [1.29, 1.82) is 0 Å². The van der Waals surface area contributed by atoms with Gasteiger partial charge in [-0.15, -0.1) is 0 Å². The molecule has 0 atom stereocenters. The molecule has 0 aliphatic rings. The molecule has 0 N–H and O–H groups in total. The number of hydrazone groups is 1. The zero-order chi connectivity index (χ0) is 16.8. The Hall–Kier alpha value is -2.46. The molecule has 118 valence electrons.